The molecule has 0 radical (unpaired) electrons. The number of carboxylic acid groups (broad SMARTS) is 1. The summed E-state index contributed by atoms with van der Waals surface area (Å²) >= 11 is 0. The van der Waals surface area contributed by atoms with Crippen LogP contribution in [0.25, 0.3) is 33.5 Å². The Morgan fingerprint density at radius 2 is 1.80 bits per heavy atom. The zero-order chi connectivity index (χ0) is 34.4. The Balaban J connectivity index is 0.991. The van der Waals surface area contributed by atoms with Gasteiger partial charge in [-0.05, 0) is 48.4 Å². The van der Waals surface area contributed by atoms with Crippen LogP contribution in [0.5, 0.6) is 5.88 Å². The summed E-state index contributed by atoms with van der Waals surface area (Å²) in [5.41, 5.74) is 2.63. The highest BCUT2D eigenvalue weighted by Gasteiger charge is 2.24. The summed E-state index contributed by atoms with van der Waals surface area (Å²) in [4.78, 5) is 24.9. The Labute approximate surface area is 282 Å². The van der Waals surface area contributed by atoms with Gasteiger partial charge in [-0.2, -0.15) is 5.10 Å². The predicted molar refractivity (Wildman–Crippen MR) is 173 cm³/mol. The molecule has 0 aliphatic carbocycles. The minimum absolute atomic E-state index is 0.0420. The number of hydrogen-bond acceptors (Lipinski definition) is 8. The van der Waals surface area contributed by atoms with Gasteiger partial charge in [0.15, 0.2) is 0 Å². The third kappa shape index (κ3) is 6.18. The van der Waals surface area contributed by atoms with E-state index in [1.807, 2.05) is 4.57 Å². The van der Waals surface area contributed by atoms with E-state index in [2.05, 4.69) is 20.1 Å². The fourth-order valence-electron chi connectivity index (χ4n) is 5.93. The first-order valence-electron chi connectivity index (χ1n) is 16.0. The number of benzene rings is 2. The Morgan fingerprint density at radius 1 is 0.960 bits per heavy atom. The number of imidazole rings is 1. The van der Waals surface area contributed by atoms with Crippen LogP contribution in [0.15, 0.2) is 73.2 Å². The number of aromatic nitrogens is 6. The third-order valence-corrected chi connectivity index (χ3v) is 8.94. The van der Waals surface area contributed by atoms with Crippen molar-refractivity contribution in [2.75, 3.05) is 19.8 Å². The number of rotatable bonds is 11. The molecule has 6 aromatic rings. The van der Waals surface area contributed by atoms with Gasteiger partial charge < -0.3 is 23.9 Å². The number of fused-ring (bicyclic) bond motifs is 1. The van der Waals surface area contributed by atoms with Crippen molar-refractivity contribution in [3.63, 3.8) is 0 Å². The number of carbonyl (C=O) groups is 1. The molecule has 254 valence electrons. The number of aromatic carboxylic acids is 1. The number of hydrogen-bond donors (Lipinski definition) is 1. The van der Waals surface area contributed by atoms with Crippen LogP contribution in [-0.2, 0) is 29.0 Å². The highest BCUT2D eigenvalue weighted by molar-refractivity contribution is 5.92. The van der Waals surface area contributed by atoms with Crippen molar-refractivity contribution in [1.82, 2.24) is 29.3 Å². The van der Waals surface area contributed by atoms with Gasteiger partial charge in [-0.3, -0.25) is 9.67 Å². The molecule has 0 bridgehead atoms. The Hall–Kier alpha value is -5.60. The van der Waals surface area contributed by atoms with Gasteiger partial charge in [0.2, 0.25) is 5.88 Å². The van der Waals surface area contributed by atoms with Crippen molar-refractivity contribution in [3.05, 3.63) is 113 Å². The Bertz CT molecular complexity index is 2250. The van der Waals surface area contributed by atoms with E-state index >= 15 is 13.2 Å². The van der Waals surface area contributed by atoms with Crippen molar-refractivity contribution < 1.29 is 37.3 Å². The lowest BCUT2D eigenvalue weighted by molar-refractivity contribution is -0.0589. The number of pyridine rings is 2. The summed E-state index contributed by atoms with van der Waals surface area (Å²) in [5.74, 6) is -2.43. The van der Waals surface area contributed by atoms with Crippen molar-refractivity contribution in [1.29, 1.82) is 0 Å². The van der Waals surface area contributed by atoms with Crippen LogP contribution in [0.1, 0.15) is 39.8 Å². The van der Waals surface area contributed by atoms with E-state index < -0.39 is 23.4 Å². The van der Waals surface area contributed by atoms with Crippen LogP contribution >= 0.6 is 0 Å². The molecule has 50 heavy (non-hydrogen) atoms. The van der Waals surface area contributed by atoms with Crippen LogP contribution in [0.3, 0.4) is 0 Å². The molecule has 4 aromatic heterocycles. The van der Waals surface area contributed by atoms with Crippen LogP contribution in [0, 0.1) is 17.5 Å². The summed E-state index contributed by atoms with van der Waals surface area (Å²) in [5, 5.41) is 13.8. The van der Waals surface area contributed by atoms with E-state index in [1.54, 1.807) is 29.2 Å². The van der Waals surface area contributed by atoms with Gasteiger partial charge in [-0.25, -0.2) is 27.9 Å². The first-order valence-corrected chi connectivity index (χ1v) is 16.0. The largest absolute Gasteiger partial charge is 0.478 e. The van der Waals surface area contributed by atoms with E-state index in [-0.39, 0.29) is 59.0 Å². The number of ether oxygens (including phenoxy) is 3. The molecule has 2 aliphatic rings. The summed E-state index contributed by atoms with van der Waals surface area (Å²) < 4.78 is 66.3. The normalized spacial score (nSPS) is 15.9. The van der Waals surface area contributed by atoms with Crippen LogP contribution < -0.4 is 4.74 Å². The lowest BCUT2D eigenvalue weighted by Crippen LogP contribution is -2.31. The average Bonchev–Trinajstić information content (AvgIpc) is 3.67. The van der Waals surface area contributed by atoms with Gasteiger partial charge in [0.25, 0.3) is 0 Å². The maximum atomic E-state index is 15.6. The molecule has 8 rings (SSSR count). The average molecular weight is 683 g/mol. The fraction of sp³-hybridized carbons (Fsp3) is 0.250. The number of nitrogens with zero attached hydrogens (tertiary/aromatic N) is 6. The molecule has 2 aliphatic heterocycles. The molecule has 14 heteroatoms. The number of halogens is 3. The minimum Gasteiger partial charge on any atom is -0.478 e. The summed E-state index contributed by atoms with van der Waals surface area (Å²) in [6, 6.07) is 12.9. The maximum Gasteiger partial charge on any atom is 0.335 e. The minimum atomic E-state index is -1.08. The molecule has 2 saturated heterocycles. The molecular formula is C36H29F3N6O5. The molecule has 1 N–H and O–H groups in total. The van der Waals surface area contributed by atoms with Gasteiger partial charge in [0.1, 0.15) is 29.9 Å². The van der Waals surface area contributed by atoms with Crippen LogP contribution in [0.2, 0.25) is 0 Å². The van der Waals surface area contributed by atoms with Crippen molar-refractivity contribution in [3.8, 4) is 28.4 Å². The Kier molecular flexibility index (Phi) is 8.25. The van der Waals surface area contributed by atoms with Crippen molar-refractivity contribution in [2.45, 2.75) is 38.1 Å². The summed E-state index contributed by atoms with van der Waals surface area (Å²) in [6.45, 7) is 2.01. The third-order valence-electron chi connectivity index (χ3n) is 8.94. The zero-order valence-corrected chi connectivity index (χ0v) is 26.4. The molecule has 0 amide bonds. The molecule has 0 spiro atoms. The molecular weight excluding hydrogens is 653 g/mol. The quantitative estimate of drug-likeness (QED) is 0.175. The first kappa shape index (κ1) is 31.7. The Morgan fingerprint density at radius 3 is 2.54 bits per heavy atom. The topological polar surface area (TPSA) is 126 Å². The lowest BCUT2D eigenvalue weighted by atomic mass is 10.0. The van der Waals surface area contributed by atoms with Gasteiger partial charge in [0.05, 0.1) is 66.1 Å². The standard InChI is InChI=1S/C36H29F3N6O5/c37-27-11-26(29(39)8-21(27)10-34-42-31-5-4-20(36(46)47)9-33(31)44(34)16-25-6-7-49-25)30-2-1-3-35(43-30)50-17-23-13-40-32(12-28(23)38)22-14-41-45(15-22)24-18-48-19-24/h1-5,8-9,11-15,24-25H,6-7,10,16-19H2,(H,46,47). The number of carboxylic acids is 1. The van der Waals surface area contributed by atoms with Gasteiger partial charge in [-0.15, -0.1) is 0 Å². The molecule has 2 aromatic carbocycles. The zero-order valence-electron chi connectivity index (χ0n) is 26.4. The van der Waals surface area contributed by atoms with Crippen LogP contribution in [-0.4, -0.2) is 66.3 Å². The smallest absolute Gasteiger partial charge is 0.335 e. The molecule has 6 heterocycles. The first-order chi connectivity index (χ1) is 24.3. The van der Waals surface area contributed by atoms with Crippen molar-refractivity contribution in [2.24, 2.45) is 0 Å². The molecule has 11 nitrogen and oxygen atoms in total. The maximum absolute atomic E-state index is 15.6. The van der Waals surface area contributed by atoms with Gasteiger partial charge in [0, 0.05) is 54.2 Å². The van der Waals surface area contributed by atoms with Crippen LogP contribution in [0.4, 0.5) is 13.2 Å². The summed E-state index contributed by atoms with van der Waals surface area (Å²) in [7, 11) is 0. The van der Waals surface area contributed by atoms with Crippen molar-refractivity contribution >= 4 is 17.0 Å². The molecule has 2 fully saturated rings. The second kappa shape index (κ2) is 13.0. The van der Waals surface area contributed by atoms with E-state index in [1.165, 1.54) is 36.5 Å². The molecule has 1 unspecified atom stereocenters. The van der Waals surface area contributed by atoms with E-state index in [0.29, 0.717) is 54.5 Å². The predicted octanol–water partition coefficient (Wildman–Crippen LogP) is 6.00. The fourth-order valence-corrected chi connectivity index (χ4v) is 5.93. The summed E-state index contributed by atoms with van der Waals surface area (Å²) in [6.07, 6.45) is 5.51. The van der Waals surface area contributed by atoms with Gasteiger partial charge in [-0.1, -0.05) is 6.07 Å². The molecule has 0 saturated carbocycles. The highest BCUT2D eigenvalue weighted by atomic mass is 19.1. The van der Waals surface area contributed by atoms with Gasteiger partial charge >= 0.3 is 5.97 Å². The highest BCUT2D eigenvalue weighted by Crippen LogP contribution is 2.30. The SMILES string of the molecule is O=C(O)c1ccc2nc(Cc3cc(F)c(-c4cccc(OCc5cnc(-c6cnn(C7COC7)c6)cc5F)n4)cc3F)n(CC3CCO3)c2c1. The van der Waals surface area contributed by atoms with E-state index in [0.717, 1.165) is 18.6 Å². The van der Waals surface area contributed by atoms with E-state index in [4.69, 9.17) is 14.2 Å². The monoisotopic (exact) mass is 682 g/mol. The molecule has 1 atom stereocenters. The van der Waals surface area contributed by atoms with E-state index in [9.17, 15) is 9.90 Å². The second-order valence-corrected chi connectivity index (χ2v) is 12.2. The lowest BCUT2D eigenvalue weighted by Gasteiger charge is -2.27. The second-order valence-electron chi connectivity index (χ2n) is 12.2.